The van der Waals surface area contributed by atoms with Crippen LogP contribution in [0.4, 0.5) is 4.39 Å². The Hall–Kier alpha value is -1.06. The van der Waals surface area contributed by atoms with Crippen molar-refractivity contribution in [2.24, 2.45) is 5.73 Å². The van der Waals surface area contributed by atoms with Crippen LogP contribution in [0.5, 0.6) is 5.75 Å². The van der Waals surface area contributed by atoms with Crippen LogP contribution in [-0.4, -0.2) is 6.61 Å². The van der Waals surface area contributed by atoms with Crippen LogP contribution in [-0.2, 0) is 0 Å². The van der Waals surface area contributed by atoms with Crippen LogP contribution in [0.3, 0.4) is 0 Å². The standard InChI is InChI=1S/C11H14FNO.ClH/c1-3-6-14-11-7-9(8(2)13)4-5-10(11)12;/h3-5,7-8H,1,6,13H2,2H3;1H/t8-;/m0./s1. The highest BCUT2D eigenvalue weighted by molar-refractivity contribution is 5.85. The molecule has 0 aliphatic carbocycles. The molecule has 0 aromatic heterocycles. The van der Waals surface area contributed by atoms with Gasteiger partial charge in [0.1, 0.15) is 6.61 Å². The molecular weight excluding hydrogens is 217 g/mol. The van der Waals surface area contributed by atoms with E-state index in [1.54, 1.807) is 18.2 Å². The first kappa shape index (κ1) is 13.9. The van der Waals surface area contributed by atoms with Crippen molar-refractivity contribution in [1.29, 1.82) is 0 Å². The van der Waals surface area contributed by atoms with Crippen LogP contribution >= 0.6 is 12.4 Å². The lowest BCUT2D eigenvalue weighted by Gasteiger charge is -2.09. The summed E-state index contributed by atoms with van der Waals surface area (Å²) in [6.07, 6.45) is 1.57. The minimum Gasteiger partial charge on any atom is -0.486 e. The van der Waals surface area contributed by atoms with Gasteiger partial charge in [-0.2, -0.15) is 0 Å². The van der Waals surface area contributed by atoms with E-state index in [4.69, 9.17) is 10.5 Å². The molecule has 0 radical (unpaired) electrons. The number of nitrogens with two attached hydrogens (primary N) is 1. The van der Waals surface area contributed by atoms with Crippen LogP contribution in [0, 0.1) is 5.82 Å². The van der Waals surface area contributed by atoms with Crippen LogP contribution in [0.1, 0.15) is 18.5 Å². The molecule has 0 saturated carbocycles. The third-order valence-corrected chi connectivity index (χ3v) is 1.84. The maximum absolute atomic E-state index is 13.2. The fraction of sp³-hybridized carbons (Fsp3) is 0.273. The van der Waals surface area contributed by atoms with Crippen molar-refractivity contribution >= 4 is 12.4 Å². The third-order valence-electron chi connectivity index (χ3n) is 1.84. The van der Waals surface area contributed by atoms with E-state index in [0.29, 0.717) is 6.61 Å². The highest BCUT2D eigenvalue weighted by Crippen LogP contribution is 2.21. The molecule has 2 N–H and O–H groups in total. The van der Waals surface area contributed by atoms with E-state index in [0.717, 1.165) is 5.56 Å². The van der Waals surface area contributed by atoms with Gasteiger partial charge < -0.3 is 10.5 Å². The first-order chi connectivity index (χ1) is 6.65. The zero-order chi connectivity index (χ0) is 10.6. The first-order valence-corrected chi connectivity index (χ1v) is 4.44. The summed E-state index contributed by atoms with van der Waals surface area (Å²) in [6.45, 7) is 5.62. The van der Waals surface area contributed by atoms with E-state index in [1.807, 2.05) is 6.92 Å². The Balaban J connectivity index is 0.00000196. The van der Waals surface area contributed by atoms with E-state index in [-0.39, 0.29) is 30.0 Å². The highest BCUT2D eigenvalue weighted by Gasteiger charge is 2.06. The molecule has 0 aliphatic heterocycles. The number of benzene rings is 1. The van der Waals surface area contributed by atoms with Crippen molar-refractivity contribution in [3.63, 3.8) is 0 Å². The van der Waals surface area contributed by atoms with Crippen molar-refractivity contribution in [2.75, 3.05) is 6.61 Å². The van der Waals surface area contributed by atoms with Gasteiger partial charge in [0.2, 0.25) is 0 Å². The molecule has 0 bridgehead atoms. The van der Waals surface area contributed by atoms with Crippen LogP contribution in [0.15, 0.2) is 30.9 Å². The fourth-order valence-corrected chi connectivity index (χ4v) is 1.06. The minimum absolute atomic E-state index is 0. The topological polar surface area (TPSA) is 35.2 Å². The molecule has 0 amide bonds. The van der Waals surface area contributed by atoms with Gasteiger partial charge in [-0.1, -0.05) is 18.7 Å². The number of halogens is 2. The Morgan fingerprint density at radius 1 is 1.60 bits per heavy atom. The monoisotopic (exact) mass is 231 g/mol. The largest absolute Gasteiger partial charge is 0.486 e. The minimum atomic E-state index is -0.378. The zero-order valence-corrected chi connectivity index (χ0v) is 9.39. The summed E-state index contributed by atoms with van der Waals surface area (Å²) in [5, 5.41) is 0. The smallest absolute Gasteiger partial charge is 0.165 e. The molecule has 4 heteroatoms. The molecule has 1 aromatic carbocycles. The van der Waals surface area contributed by atoms with Crippen molar-refractivity contribution < 1.29 is 9.13 Å². The van der Waals surface area contributed by atoms with E-state index < -0.39 is 0 Å². The highest BCUT2D eigenvalue weighted by atomic mass is 35.5. The van der Waals surface area contributed by atoms with Gasteiger partial charge in [-0.15, -0.1) is 12.4 Å². The molecule has 1 rings (SSSR count). The molecule has 0 fully saturated rings. The summed E-state index contributed by atoms with van der Waals surface area (Å²) in [7, 11) is 0. The molecule has 0 heterocycles. The second-order valence-corrected chi connectivity index (χ2v) is 3.08. The van der Waals surface area contributed by atoms with Gasteiger partial charge in [-0.05, 0) is 24.6 Å². The normalized spacial score (nSPS) is 11.4. The molecule has 0 unspecified atom stereocenters. The Morgan fingerprint density at radius 3 is 2.80 bits per heavy atom. The molecular formula is C11H15ClFNO. The van der Waals surface area contributed by atoms with Crippen molar-refractivity contribution in [2.45, 2.75) is 13.0 Å². The molecule has 0 spiro atoms. The van der Waals surface area contributed by atoms with Crippen LogP contribution in [0.25, 0.3) is 0 Å². The first-order valence-electron chi connectivity index (χ1n) is 4.44. The maximum Gasteiger partial charge on any atom is 0.165 e. The summed E-state index contributed by atoms with van der Waals surface area (Å²) in [5.74, 6) is -0.157. The van der Waals surface area contributed by atoms with E-state index >= 15 is 0 Å². The summed E-state index contributed by atoms with van der Waals surface area (Å²) in [4.78, 5) is 0. The second kappa shape index (κ2) is 6.43. The number of hydrogen-bond donors (Lipinski definition) is 1. The van der Waals surface area contributed by atoms with Gasteiger partial charge in [0.15, 0.2) is 11.6 Å². The lowest BCUT2D eigenvalue weighted by Crippen LogP contribution is -2.06. The second-order valence-electron chi connectivity index (χ2n) is 3.08. The Bertz CT molecular complexity index is 328. The molecule has 84 valence electrons. The average Bonchev–Trinajstić information content (AvgIpc) is 2.16. The molecule has 0 saturated heterocycles. The Morgan fingerprint density at radius 2 is 2.27 bits per heavy atom. The van der Waals surface area contributed by atoms with Gasteiger partial charge in [0, 0.05) is 6.04 Å². The molecule has 1 aromatic rings. The molecule has 0 aliphatic rings. The van der Waals surface area contributed by atoms with Gasteiger partial charge in [0.05, 0.1) is 0 Å². The maximum atomic E-state index is 13.2. The van der Waals surface area contributed by atoms with Crippen molar-refractivity contribution in [3.8, 4) is 5.75 Å². The molecule has 1 atom stereocenters. The zero-order valence-electron chi connectivity index (χ0n) is 8.57. The van der Waals surface area contributed by atoms with Gasteiger partial charge >= 0.3 is 0 Å². The summed E-state index contributed by atoms with van der Waals surface area (Å²) in [5.41, 5.74) is 6.52. The van der Waals surface area contributed by atoms with Crippen LogP contribution < -0.4 is 10.5 Å². The fourth-order valence-electron chi connectivity index (χ4n) is 1.06. The average molecular weight is 232 g/mol. The summed E-state index contributed by atoms with van der Waals surface area (Å²) < 4.78 is 18.3. The quantitative estimate of drug-likeness (QED) is 0.809. The van der Waals surface area contributed by atoms with Crippen molar-refractivity contribution in [3.05, 3.63) is 42.2 Å². The van der Waals surface area contributed by atoms with Crippen LogP contribution in [0.2, 0.25) is 0 Å². The third kappa shape index (κ3) is 3.90. The van der Waals surface area contributed by atoms with E-state index in [2.05, 4.69) is 6.58 Å². The van der Waals surface area contributed by atoms with E-state index in [9.17, 15) is 4.39 Å². The number of ether oxygens (including phenoxy) is 1. The van der Waals surface area contributed by atoms with Gasteiger partial charge in [0.25, 0.3) is 0 Å². The summed E-state index contributed by atoms with van der Waals surface area (Å²) in [6, 6.07) is 4.50. The van der Waals surface area contributed by atoms with Gasteiger partial charge in [-0.25, -0.2) is 4.39 Å². The Labute approximate surface area is 95.3 Å². The molecule has 2 nitrogen and oxygen atoms in total. The predicted molar refractivity (Wildman–Crippen MR) is 61.9 cm³/mol. The molecule has 15 heavy (non-hydrogen) atoms. The predicted octanol–water partition coefficient (Wildman–Crippen LogP) is 2.83. The Kier molecular flexibility index (Phi) is 5.97. The lowest BCUT2D eigenvalue weighted by molar-refractivity contribution is 0.341. The number of rotatable bonds is 4. The lowest BCUT2D eigenvalue weighted by atomic mass is 10.1. The van der Waals surface area contributed by atoms with Gasteiger partial charge in [-0.3, -0.25) is 0 Å². The summed E-state index contributed by atoms with van der Waals surface area (Å²) >= 11 is 0. The SMILES string of the molecule is C=CCOc1cc([C@H](C)N)ccc1F.Cl. The van der Waals surface area contributed by atoms with Crippen molar-refractivity contribution in [1.82, 2.24) is 0 Å². The van der Waals surface area contributed by atoms with E-state index in [1.165, 1.54) is 6.07 Å². The number of hydrogen-bond acceptors (Lipinski definition) is 2.